The van der Waals surface area contributed by atoms with E-state index >= 15 is 0 Å². The molecular weight excluding hydrogens is 373 g/mol. The molecule has 1 aliphatic rings. The van der Waals surface area contributed by atoms with E-state index in [-0.39, 0.29) is 18.3 Å². The highest BCUT2D eigenvalue weighted by Gasteiger charge is 2.18. The van der Waals surface area contributed by atoms with Crippen molar-refractivity contribution >= 4 is 52.6 Å². The van der Waals surface area contributed by atoms with Gasteiger partial charge in [-0.2, -0.15) is 0 Å². The van der Waals surface area contributed by atoms with E-state index in [0.29, 0.717) is 10.8 Å². The fourth-order valence-electron chi connectivity index (χ4n) is 2.57. The number of hydrogen-bond acceptors (Lipinski definition) is 5. The molecule has 3 rings (SSSR count). The number of rotatable bonds is 5. The number of carbonyl (C=O) groups is 1. The van der Waals surface area contributed by atoms with Gasteiger partial charge >= 0.3 is 0 Å². The van der Waals surface area contributed by atoms with E-state index in [0.717, 1.165) is 46.0 Å². The lowest BCUT2D eigenvalue weighted by molar-refractivity contribution is 0.0955. The predicted molar refractivity (Wildman–Crippen MR) is 100 cm³/mol. The molecule has 0 spiro atoms. The monoisotopic (exact) mass is 391 g/mol. The van der Waals surface area contributed by atoms with E-state index < -0.39 is 0 Å². The molecule has 0 aromatic carbocycles. The van der Waals surface area contributed by atoms with Crippen LogP contribution in [-0.4, -0.2) is 30.5 Å². The molecule has 4 nitrogen and oxygen atoms in total. The second-order valence-electron chi connectivity index (χ2n) is 5.44. The van der Waals surface area contributed by atoms with Gasteiger partial charge in [0.15, 0.2) is 0 Å². The third kappa shape index (κ3) is 4.67. The Balaban J connectivity index is 0.00000192. The van der Waals surface area contributed by atoms with E-state index in [9.17, 15) is 4.79 Å². The maximum atomic E-state index is 12.3. The van der Waals surface area contributed by atoms with Crippen LogP contribution in [0.5, 0.6) is 0 Å². The summed E-state index contributed by atoms with van der Waals surface area (Å²) >= 11 is 8.88. The standard InChI is InChI=1S/C15H18ClN3OS2.ClH/c1-9-13(14(20)18-7-5-10-4-6-17-8-10)22-15(19-9)11-2-3-12(16)21-11;/h2-3,10,17H,4-8H2,1H3,(H,18,20);1H. The molecule has 126 valence electrons. The summed E-state index contributed by atoms with van der Waals surface area (Å²) < 4.78 is 0.735. The van der Waals surface area contributed by atoms with Crippen molar-refractivity contribution in [3.05, 3.63) is 27.0 Å². The minimum atomic E-state index is -0.0186. The van der Waals surface area contributed by atoms with E-state index in [1.54, 1.807) is 0 Å². The summed E-state index contributed by atoms with van der Waals surface area (Å²) in [4.78, 5) is 18.5. The average Bonchev–Trinajstić information content (AvgIpc) is 3.19. The van der Waals surface area contributed by atoms with Gasteiger partial charge in [0.1, 0.15) is 9.88 Å². The minimum absolute atomic E-state index is 0. The molecule has 8 heteroatoms. The Hall–Kier alpha value is -0.660. The predicted octanol–water partition coefficient (Wildman–Crippen LogP) is 3.98. The normalized spacial score (nSPS) is 17.0. The van der Waals surface area contributed by atoms with Crippen molar-refractivity contribution in [3.63, 3.8) is 0 Å². The largest absolute Gasteiger partial charge is 0.351 e. The lowest BCUT2D eigenvalue weighted by Gasteiger charge is -2.08. The van der Waals surface area contributed by atoms with Gasteiger partial charge in [-0.05, 0) is 50.9 Å². The number of thiazole rings is 1. The highest BCUT2D eigenvalue weighted by atomic mass is 35.5. The molecule has 2 N–H and O–H groups in total. The van der Waals surface area contributed by atoms with Crippen molar-refractivity contribution in [2.45, 2.75) is 19.8 Å². The van der Waals surface area contributed by atoms with Crippen LogP contribution >= 0.6 is 46.7 Å². The van der Waals surface area contributed by atoms with Crippen molar-refractivity contribution in [3.8, 4) is 9.88 Å². The minimum Gasteiger partial charge on any atom is -0.351 e. The fourth-order valence-corrected chi connectivity index (χ4v) is 4.65. The first-order chi connectivity index (χ1) is 10.6. The molecule has 0 bridgehead atoms. The third-order valence-corrected chi connectivity index (χ3v) is 6.34. The number of nitrogens with zero attached hydrogens (tertiary/aromatic N) is 1. The molecule has 0 aliphatic carbocycles. The van der Waals surface area contributed by atoms with E-state index in [2.05, 4.69) is 15.6 Å². The van der Waals surface area contributed by atoms with E-state index in [1.165, 1.54) is 29.1 Å². The molecule has 23 heavy (non-hydrogen) atoms. The van der Waals surface area contributed by atoms with E-state index in [1.807, 2.05) is 19.1 Å². The molecule has 1 saturated heterocycles. The summed E-state index contributed by atoms with van der Waals surface area (Å²) in [7, 11) is 0. The van der Waals surface area contributed by atoms with Crippen LogP contribution in [0.3, 0.4) is 0 Å². The van der Waals surface area contributed by atoms with Crippen LogP contribution in [0.15, 0.2) is 12.1 Å². The molecular formula is C15H19Cl2N3OS2. The van der Waals surface area contributed by atoms with Crippen molar-refractivity contribution in [1.29, 1.82) is 0 Å². The van der Waals surface area contributed by atoms with Gasteiger partial charge in [-0.15, -0.1) is 35.1 Å². The van der Waals surface area contributed by atoms with Gasteiger partial charge in [0.25, 0.3) is 5.91 Å². The number of halogens is 2. The maximum Gasteiger partial charge on any atom is 0.263 e. The zero-order valence-corrected chi connectivity index (χ0v) is 15.9. The number of aromatic nitrogens is 1. The van der Waals surface area contributed by atoms with Crippen LogP contribution in [0.2, 0.25) is 4.34 Å². The summed E-state index contributed by atoms with van der Waals surface area (Å²) in [6, 6.07) is 3.80. The lowest BCUT2D eigenvalue weighted by Crippen LogP contribution is -2.26. The second-order valence-corrected chi connectivity index (χ2v) is 8.15. The van der Waals surface area contributed by atoms with Gasteiger partial charge < -0.3 is 10.6 Å². The van der Waals surface area contributed by atoms with Crippen molar-refractivity contribution in [2.75, 3.05) is 19.6 Å². The van der Waals surface area contributed by atoms with Crippen LogP contribution in [0, 0.1) is 12.8 Å². The molecule has 2 aromatic rings. The topological polar surface area (TPSA) is 54.0 Å². The zero-order chi connectivity index (χ0) is 15.5. The number of hydrogen-bond donors (Lipinski definition) is 2. The number of aryl methyl sites for hydroxylation is 1. The third-order valence-electron chi connectivity index (χ3n) is 3.79. The Morgan fingerprint density at radius 3 is 2.96 bits per heavy atom. The molecule has 3 heterocycles. The Morgan fingerprint density at radius 1 is 1.48 bits per heavy atom. The molecule has 0 saturated carbocycles. The van der Waals surface area contributed by atoms with Crippen molar-refractivity contribution in [2.24, 2.45) is 5.92 Å². The van der Waals surface area contributed by atoms with Crippen LogP contribution < -0.4 is 10.6 Å². The van der Waals surface area contributed by atoms with Crippen LogP contribution in [0.4, 0.5) is 0 Å². The first-order valence-corrected chi connectivity index (χ1v) is 9.36. The quantitative estimate of drug-likeness (QED) is 0.809. The highest BCUT2D eigenvalue weighted by molar-refractivity contribution is 7.24. The average molecular weight is 392 g/mol. The highest BCUT2D eigenvalue weighted by Crippen LogP contribution is 2.34. The first-order valence-electron chi connectivity index (χ1n) is 7.35. The van der Waals surface area contributed by atoms with Crippen molar-refractivity contribution in [1.82, 2.24) is 15.6 Å². The Bertz CT molecular complexity index is 665. The van der Waals surface area contributed by atoms with Crippen LogP contribution in [0.25, 0.3) is 9.88 Å². The fraction of sp³-hybridized carbons (Fsp3) is 0.467. The maximum absolute atomic E-state index is 12.3. The molecule has 1 atom stereocenters. The number of amides is 1. The number of carbonyl (C=O) groups excluding carboxylic acids is 1. The first kappa shape index (κ1) is 18.7. The van der Waals surface area contributed by atoms with Gasteiger partial charge in [-0.3, -0.25) is 4.79 Å². The van der Waals surface area contributed by atoms with Gasteiger partial charge in [0, 0.05) is 6.54 Å². The van der Waals surface area contributed by atoms with Gasteiger partial charge in [-0.1, -0.05) is 11.6 Å². The molecule has 1 fully saturated rings. The summed E-state index contributed by atoms with van der Waals surface area (Å²) in [5.74, 6) is 0.668. The van der Waals surface area contributed by atoms with Gasteiger partial charge in [0.2, 0.25) is 0 Å². The van der Waals surface area contributed by atoms with Gasteiger partial charge in [0.05, 0.1) is 14.9 Å². The Morgan fingerprint density at radius 2 is 2.30 bits per heavy atom. The molecule has 1 aliphatic heterocycles. The van der Waals surface area contributed by atoms with Crippen LogP contribution in [-0.2, 0) is 0 Å². The van der Waals surface area contributed by atoms with Gasteiger partial charge in [-0.25, -0.2) is 4.98 Å². The SMILES string of the molecule is Cc1nc(-c2ccc(Cl)s2)sc1C(=O)NCCC1CCNC1.Cl. The van der Waals surface area contributed by atoms with Crippen LogP contribution in [0.1, 0.15) is 28.2 Å². The Labute approximate surface area is 155 Å². The Kier molecular flexibility index (Phi) is 6.85. The van der Waals surface area contributed by atoms with Crippen molar-refractivity contribution < 1.29 is 4.79 Å². The summed E-state index contributed by atoms with van der Waals surface area (Å²) in [6.07, 6.45) is 2.24. The summed E-state index contributed by atoms with van der Waals surface area (Å²) in [5.41, 5.74) is 0.782. The summed E-state index contributed by atoms with van der Waals surface area (Å²) in [6.45, 7) is 4.77. The number of nitrogens with one attached hydrogen (secondary N) is 2. The smallest absolute Gasteiger partial charge is 0.263 e. The second kappa shape index (κ2) is 8.44. The zero-order valence-electron chi connectivity index (χ0n) is 12.7. The molecule has 1 unspecified atom stereocenters. The van der Waals surface area contributed by atoms with E-state index in [4.69, 9.17) is 11.6 Å². The molecule has 2 aromatic heterocycles. The lowest BCUT2D eigenvalue weighted by atomic mass is 10.1. The molecule has 1 amide bonds. The summed E-state index contributed by atoms with van der Waals surface area (Å²) in [5, 5.41) is 7.22. The number of thiophene rings is 1. The molecule has 0 radical (unpaired) electrons.